The van der Waals surface area contributed by atoms with Gasteiger partial charge in [0.05, 0.1) is 18.4 Å². The Morgan fingerprint density at radius 1 is 1.53 bits per heavy atom. The molecule has 1 heterocycles. The fourth-order valence-electron chi connectivity index (χ4n) is 1.76. The normalized spacial score (nSPS) is 16.1. The minimum Gasteiger partial charge on any atom is -0.476 e. The van der Waals surface area contributed by atoms with E-state index in [0.717, 1.165) is 25.2 Å². The molecule has 1 fully saturated rings. The summed E-state index contributed by atoms with van der Waals surface area (Å²) in [6.07, 6.45) is 3.93. The zero-order chi connectivity index (χ0) is 13.7. The van der Waals surface area contributed by atoms with Gasteiger partial charge in [-0.1, -0.05) is 0 Å². The van der Waals surface area contributed by atoms with Gasteiger partial charge in [0.2, 0.25) is 5.88 Å². The number of nitrogen functional groups attached to an aromatic ring is 1. The molecule has 0 radical (unpaired) electrons. The van der Waals surface area contributed by atoms with Crippen LogP contribution in [0.15, 0.2) is 12.1 Å². The molecule has 0 amide bonds. The maximum absolute atomic E-state index is 9.18. The molecule has 1 aromatic rings. The van der Waals surface area contributed by atoms with Gasteiger partial charge in [-0.05, 0) is 50.7 Å². The summed E-state index contributed by atoms with van der Waals surface area (Å²) in [5.74, 6) is 1.97. The molecule has 5 heteroatoms. The molecule has 0 spiro atoms. The fraction of sp³-hybridized carbons (Fsp3) is 0.643. The number of hydrogen-bond acceptors (Lipinski definition) is 5. The Morgan fingerprint density at radius 3 is 3.00 bits per heavy atom. The third-order valence-electron chi connectivity index (χ3n) is 3.15. The predicted octanol–water partition coefficient (Wildman–Crippen LogP) is 2.03. The maximum Gasteiger partial charge on any atom is 0.239 e. The first-order chi connectivity index (χ1) is 9.15. The van der Waals surface area contributed by atoms with E-state index in [0.29, 0.717) is 24.1 Å². The van der Waals surface area contributed by atoms with E-state index in [4.69, 9.17) is 10.5 Å². The highest BCUT2D eigenvalue weighted by molar-refractivity contribution is 5.53. The minimum atomic E-state index is -0.251. The van der Waals surface area contributed by atoms with Crippen molar-refractivity contribution in [3.63, 3.8) is 0 Å². The summed E-state index contributed by atoms with van der Waals surface area (Å²) in [6, 6.07) is 3.66. The number of nitrogens with zero attached hydrogens (tertiary/aromatic N) is 1. The molecule has 1 atom stereocenters. The Bertz CT molecular complexity index is 406. The number of rotatable bonds is 8. The Labute approximate surface area is 114 Å². The molecule has 0 aliphatic heterocycles. The first-order valence-corrected chi connectivity index (χ1v) is 6.96. The lowest BCUT2D eigenvalue weighted by molar-refractivity contribution is 0.183. The standard InChI is InChI=1S/C14H23N3O2/c1-10(18)3-2-8-16-13-7-6-12(15)14(17-13)19-9-11-4-5-11/h6-7,10-11,18H,2-5,8-9,15H2,1H3,(H,16,17). The van der Waals surface area contributed by atoms with Crippen molar-refractivity contribution in [2.24, 2.45) is 5.92 Å². The number of aliphatic hydroxyl groups excluding tert-OH is 1. The number of nitrogens with one attached hydrogen (secondary N) is 1. The second kappa shape index (κ2) is 6.61. The van der Waals surface area contributed by atoms with Crippen molar-refractivity contribution in [2.45, 2.75) is 38.7 Å². The Balaban J connectivity index is 1.80. The Hall–Kier alpha value is -1.49. The van der Waals surface area contributed by atoms with Gasteiger partial charge >= 0.3 is 0 Å². The van der Waals surface area contributed by atoms with Gasteiger partial charge in [0.25, 0.3) is 0 Å². The number of aliphatic hydroxyl groups is 1. The van der Waals surface area contributed by atoms with Gasteiger partial charge in [0.15, 0.2) is 0 Å². The van der Waals surface area contributed by atoms with E-state index in [9.17, 15) is 5.11 Å². The molecule has 106 valence electrons. The van der Waals surface area contributed by atoms with Crippen molar-refractivity contribution in [3.8, 4) is 5.88 Å². The first kappa shape index (κ1) is 13.9. The van der Waals surface area contributed by atoms with Crippen molar-refractivity contribution in [1.82, 2.24) is 4.98 Å². The summed E-state index contributed by atoms with van der Waals surface area (Å²) >= 11 is 0. The highest BCUT2D eigenvalue weighted by Crippen LogP contribution is 2.30. The molecule has 1 unspecified atom stereocenters. The second-order valence-corrected chi connectivity index (χ2v) is 5.26. The van der Waals surface area contributed by atoms with Gasteiger partial charge in [-0.2, -0.15) is 4.98 Å². The van der Waals surface area contributed by atoms with Crippen LogP contribution in [0, 0.1) is 5.92 Å². The number of nitrogens with two attached hydrogens (primary N) is 1. The highest BCUT2D eigenvalue weighted by Gasteiger charge is 2.22. The number of anilines is 2. The molecule has 5 nitrogen and oxygen atoms in total. The quantitative estimate of drug-likeness (QED) is 0.627. The van der Waals surface area contributed by atoms with Crippen LogP contribution in [0.4, 0.5) is 11.5 Å². The van der Waals surface area contributed by atoms with Gasteiger partial charge in [-0.25, -0.2) is 0 Å². The molecule has 1 aromatic heterocycles. The third-order valence-corrected chi connectivity index (χ3v) is 3.15. The van der Waals surface area contributed by atoms with Crippen LogP contribution in [0.1, 0.15) is 32.6 Å². The van der Waals surface area contributed by atoms with Crippen LogP contribution in [-0.4, -0.2) is 29.3 Å². The minimum absolute atomic E-state index is 0.251. The first-order valence-electron chi connectivity index (χ1n) is 6.96. The third kappa shape index (κ3) is 4.95. The Kier molecular flexibility index (Phi) is 4.85. The molecule has 19 heavy (non-hydrogen) atoms. The summed E-state index contributed by atoms with van der Waals surface area (Å²) in [6.45, 7) is 3.29. The summed E-state index contributed by atoms with van der Waals surface area (Å²) in [7, 11) is 0. The number of hydrogen-bond donors (Lipinski definition) is 3. The van der Waals surface area contributed by atoms with Crippen LogP contribution >= 0.6 is 0 Å². The van der Waals surface area contributed by atoms with E-state index < -0.39 is 0 Å². The van der Waals surface area contributed by atoms with Crippen LogP contribution in [-0.2, 0) is 0 Å². The van der Waals surface area contributed by atoms with E-state index in [2.05, 4.69) is 10.3 Å². The fourth-order valence-corrected chi connectivity index (χ4v) is 1.76. The van der Waals surface area contributed by atoms with E-state index >= 15 is 0 Å². The molecule has 0 aromatic carbocycles. The van der Waals surface area contributed by atoms with E-state index in [1.165, 1.54) is 12.8 Å². The molecule has 2 rings (SSSR count). The lowest BCUT2D eigenvalue weighted by Gasteiger charge is -2.11. The molecule has 1 saturated carbocycles. The largest absolute Gasteiger partial charge is 0.476 e. The molecule has 1 aliphatic rings. The van der Waals surface area contributed by atoms with Gasteiger partial charge in [-0.3, -0.25) is 0 Å². The van der Waals surface area contributed by atoms with Crippen LogP contribution in [0.5, 0.6) is 5.88 Å². The van der Waals surface area contributed by atoms with Crippen molar-refractivity contribution in [1.29, 1.82) is 0 Å². The smallest absolute Gasteiger partial charge is 0.239 e. The van der Waals surface area contributed by atoms with Crippen molar-refractivity contribution < 1.29 is 9.84 Å². The van der Waals surface area contributed by atoms with Crippen molar-refractivity contribution in [2.75, 3.05) is 24.2 Å². The molecular formula is C14H23N3O2. The number of pyridine rings is 1. The lowest BCUT2D eigenvalue weighted by Crippen LogP contribution is -2.09. The van der Waals surface area contributed by atoms with Crippen molar-refractivity contribution >= 4 is 11.5 Å². The van der Waals surface area contributed by atoms with E-state index in [1.54, 1.807) is 6.92 Å². The molecule has 0 saturated heterocycles. The van der Waals surface area contributed by atoms with Crippen LogP contribution in [0.25, 0.3) is 0 Å². The highest BCUT2D eigenvalue weighted by atomic mass is 16.5. The molecule has 4 N–H and O–H groups in total. The van der Waals surface area contributed by atoms with Crippen LogP contribution in [0.2, 0.25) is 0 Å². The average molecular weight is 265 g/mol. The van der Waals surface area contributed by atoms with Crippen molar-refractivity contribution in [3.05, 3.63) is 12.1 Å². The number of aromatic nitrogens is 1. The van der Waals surface area contributed by atoms with E-state index in [1.807, 2.05) is 12.1 Å². The number of ether oxygens (including phenoxy) is 1. The summed E-state index contributed by atoms with van der Waals surface area (Å²) in [4.78, 5) is 4.37. The average Bonchev–Trinajstić information content (AvgIpc) is 3.18. The van der Waals surface area contributed by atoms with Gasteiger partial charge in [0, 0.05) is 6.54 Å². The molecule has 0 bridgehead atoms. The predicted molar refractivity (Wildman–Crippen MR) is 76.3 cm³/mol. The second-order valence-electron chi connectivity index (χ2n) is 5.26. The maximum atomic E-state index is 9.18. The summed E-state index contributed by atoms with van der Waals surface area (Å²) < 4.78 is 5.63. The van der Waals surface area contributed by atoms with E-state index in [-0.39, 0.29) is 6.10 Å². The zero-order valence-electron chi connectivity index (χ0n) is 11.4. The van der Waals surface area contributed by atoms with Gasteiger partial charge in [0.1, 0.15) is 5.82 Å². The lowest BCUT2D eigenvalue weighted by atomic mass is 10.2. The van der Waals surface area contributed by atoms with Crippen LogP contribution < -0.4 is 15.8 Å². The molecular weight excluding hydrogens is 242 g/mol. The summed E-state index contributed by atoms with van der Waals surface area (Å²) in [5.41, 5.74) is 6.42. The van der Waals surface area contributed by atoms with Gasteiger partial charge in [-0.15, -0.1) is 0 Å². The van der Waals surface area contributed by atoms with Gasteiger partial charge < -0.3 is 20.9 Å². The van der Waals surface area contributed by atoms with Crippen LogP contribution in [0.3, 0.4) is 0 Å². The Morgan fingerprint density at radius 2 is 2.32 bits per heavy atom. The molecule has 1 aliphatic carbocycles. The monoisotopic (exact) mass is 265 g/mol. The SMILES string of the molecule is CC(O)CCCNc1ccc(N)c(OCC2CC2)n1. The topological polar surface area (TPSA) is 80.4 Å². The summed E-state index contributed by atoms with van der Waals surface area (Å²) in [5, 5.41) is 12.4. The zero-order valence-corrected chi connectivity index (χ0v) is 11.4.